The van der Waals surface area contributed by atoms with Gasteiger partial charge in [0.2, 0.25) is 5.43 Å². The number of rotatable bonds is 7. The molecule has 7 heteroatoms. The van der Waals surface area contributed by atoms with Crippen molar-refractivity contribution in [1.29, 1.82) is 0 Å². The lowest BCUT2D eigenvalue weighted by Gasteiger charge is -2.13. The average molecular weight is 383 g/mol. The number of carbonyl (C=O) groups excluding carboxylic acids is 1. The standard InChI is InChI=1S/C21H21NO6/c1-4-27-21(24)16-11-22-17-10-18(26-3)19(9-15(17)20(16)23)28-12-13-5-7-14(25-2)8-6-13/h5-11H,4,12H2,1-3H3,(H,22,23). The third kappa shape index (κ3) is 3.93. The molecule has 0 aliphatic heterocycles. The second kappa shape index (κ2) is 8.47. The highest BCUT2D eigenvalue weighted by Crippen LogP contribution is 2.31. The zero-order chi connectivity index (χ0) is 20.1. The summed E-state index contributed by atoms with van der Waals surface area (Å²) >= 11 is 0. The molecule has 0 bridgehead atoms. The lowest BCUT2D eigenvalue weighted by molar-refractivity contribution is 0.0524. The fourth-order valence-corrected chi connectivity index (χ4v) is 2.74. The van der Waals surface area contributed by atoms with Crippen molar-refractivity contribution in [3.63, 3.8) is 0 Å². The van der Waals surface area contributed by atoms with Crippen molar-refractivity contribution in [3.05, 3.63) is 63.9 Å². The number of carbonyl (C=O) groups is 1. The summed E-state index contributed by atoms with van der Waals surface area (Å²) in [6.45, 7) is 2.15. The number of methoxy groups -OCH3 is 2. The number of esters is 1. The molecule has 1 N–H and O–H groups in total. The van der Waals surface area contributed by atoms with Gasteiger partial charge >= 0.3 is 5.97 Å². The topological polar surface area (TPSA) is 86.9 Å². The van der Waals surface area contributed by atoms with Gasteiger partial charge in [-0.25, -0.2) is 4.79 Å². The quantitative estimate of drug-likeness (QED) is 0.630. The van der Waals surface area contributed by atoms with Crippen molar-refractivity contribution < 1.29 is 23.7 Å². The molecule has 0 saturated carbocycles. The predicted octanol–water partition coefficient (Wildman–Crippen LogP) is 3.30. The van der Waals surface area contributed by atoms with Crippen LogP contribution in [0.5, 0.6) is 17.2 Å². The van der Waals surface area contributed by atoms with Crippen molar-refractivity contribution in [2.24, 2.45) is 0 Å². The lowest BCUT2D eigenvalue weighted by Crippen LogP contribution is -2.18. The van der Waals surface area contributed by atoms with Gasteiger partial charge < -0.3 is 23.9 Å². The van der Waals surface area contributed by atoms with Gasteiger partial charge in [0.15, 0.2) is 11.5 Å². The number of aromatic nitrogens is 1. The number of ether oxygens (including phenoxy) is 4. The van der Waals surface area contributed by atoms with Gasteiger partial charge in [0, 0.05) is 12.3 Å². The van der Waals surface area contributed by atoms with E-state index in [4.69, 9.17) is 18.9 Å². The van der Waals surface area contributed by atoms with E-state index in [2.05, 4.69) is 4.98 Å². The normalized spacial score (nSPS) is 10.5. The lowest BCUT2D eigenvalue weighted by atomic mass is 10.1. The minimum absolute atomic E-state index is 0.0550. The molecule has 146 valence electrons. The Hall–Kier alpha value is -3.48. The Morgan fingerprint density at radius 1 is 1.04 bits per heavy atom. The van der Waals surface area contributed by atoms with Crippen LogP contribution in [-0.4, -0.2) is 31.8 Å². The maximum atomic E-state index is 12.7. The first-order valence-electron chi connectivity index (χ1n) is 8.73. The van der Waals surface area contributed by atoms with E-state index in [0.29, 0.717) is 22.4 Å². The molecule has 7 nitrogen and oxygen atoms in total. The first-order valence-corrected chi connectivity index (χ1v) is 8.73. The molecule has 2 aromatic carbocycles. The number of fused-ring (bicyclic) bond motifs is 1. The van der Waals surface area contributed by atoms with Crippen LogP contribution < -0.4 is 19.6 Å². The van der Waals surface area contributed by atoms with Gasteiger partial charge in [-0.2, -0.15) is 0 Å². The van der Waals surface area contributed by atoms with E-state index in [0.717, 1.165) is 11.3 Å². The van der Waals surface area contributed by atoms with Crippen molar-refractivity contribution in [1.82, 2.24) is 4.98 Å². The molecule has 0 radical (unpaired) electrons. The van der Waals surface area contributed by atoms with Crippen LogP contribution in [0.1, 0.15) is 22.8 Å². The molecule has 0 saturated heterocycles. The minimum Gasteiger partial charge on any atom is -0.497 e. The van der Waals surface area contributed by atoms with Gasteiger partial charge in [-0.15, -0.1) is 0 Å². The molecule has 1 heterocycles. The molecule has 28 heavy (non-hydrogen) atoms. The van der Waals surface area contributed by atoms with Gasteiger partial charge in [-0.05, 0) is 30.7 Å². The Kier molecular flexibility index (Phi) is 5.84. The highest BCUT2D eigenvalue weighted by Gasteiger charge is 2.16. The molecule has 0 unspecified atom stereocenters. The Morgan fingerprint density at radius 2 is 1.79 bits per heavy atom. The number of nitrogens with one attached hydrogen (secondary N) is 1. The number of benzene rings is 2. The summed E-state index contributed by atoms with van der Waals surface area (Å²) in [7, 11) is 3.13. The van der Waals surface area contributed by atoms with Gasteiger partial charge in [0.25, 0.3) is 0 Å². The average Bonchev–Trinajstić information content (AvgIpc) is 2.72. The fourth-order valence-electron chi connectivity index (χ4n) is 2.74. The van der Waals surface area contributed by atoms with Crippen LogP contribution in [0.25, 0.3) is 10.9 Å². The number of aromatic amines is 1. The van der Waals surface area contributed by atoms with Gasteiger partial charge in [-0.1, -0.05) is 12.1 Å². The number of pyridine rings is 1. The van der Waals surface area contributed by atoms with Gasteiger partial charge in [0.05, 0.1) is 31.7 Å². The van der Waals surface area contributed by atoms with E-state index in [1.165, 1.54) is 13.3 Å². The Labute approximate surface area is 161 Å². The van der Waals surface area contributed by atoms with Crippen molar-refractivity contribution in [3.8, 4) is 17.2 Å². The summed E-state index contributed by atoms with van der Waals surface area (Å²) in [4.78, 5) is 27.6. The van der Waals surface area contributed by atoms with Crippen LogP contribution in [0.4, 0.5) is 0 Å². The highest BCUT2D eigenvalue weighted by atomic mass is 16.5. The molecule has 3 aromatic rings. The second-order valence-corrected chi connectivity index (χ2v) is 5.94. The smallest absolute Gasteiger partial charge is 0.343 e. The zero-order valence-corrected chi connectivity index (χ0v) is 15.9. The van der Waals surface area contributed by atoms with E-state index in [1.807, 2.05) is 24.3 Å². The molecule has 0 spiro atoms. The van der Waals surface area contributed by atoms with Crippen molar-refractivity contribution in [2.45, 2.75) is 13.5 Å². The van der Waals surface area contributed by atoms with Crippen LogP contribution in [0.15, 0.2) is 47.4 Å². The van der Waals surface area contributed by atoms with Gasteiger partial charge in [-0.3, -0.25) is 4.79 Å². The van der Waals surface area contributed by atoms with Crippen molar-refractivity contribution >= 4 is 16.9 Å². The number of hydrogen-bond acceptors (Lipinski definition) is 6. The molecule has 0 fully saturated rings. The summed E-state index contributed by atoms with van der Waals surface area (Å²) < 4.78 is 21.3. The molecule has 1 aromatic heterocycles. The van der Waals surface area contributed by atoms with Crippen LogP contribution in [0.3, 0.4) is 0 Å². The third-order valence-electron chi connectivity index (χ3n) is 4.21. The van der Waals surface area contributed by atoms with Crippen LogP contribution in [0.2, 0.25) is 0 Å². The Morgan fingerprint density at radius 3 is 2.43 bits per heavy atom. The van der Waals surface area contributed by atoms with E-state index < -0.39 is 11.4 Å². The molecule has 3 rings (SSSR count). The summed E-state index contributed by atoms with van der Waals surface area (Å²) in [5.74, 6) is 0.963. The molecule has 0 amide bonds. The number of hydrogen-bond donors (Lipinski definition) is 1. The Balaban J connectivity index is 1.94. The second-order valence-electron chi connectivity index (χ2n) is 5.94. The Bertz CT molecular complexity index is 1040. The van der Waals surface area contributed by atoms with Crippen LogP contribution in [0, 0.1) is 0 Å². The third-order valence-corrected chi connectivity index (χ3v) is 4.21. The van der Waals surface area contributed by atoms with Crippen molar-refractivity contribution in [2.75, 3.05) is 20.8 Å². The first-order chi connectivity index (χ1) is 13.6. The SMILES string of the molecule is CCOC(=O)c1c[nH]c2cc(OC)c(OCc3ccc(OC)cc3)cc2c1=O. The van der Waals surface area contributed by atoms with E-state index in [1.54, 1.807) is 26.2 Å². The summed E-state index contributed by atoms with van der Waals surface area (Å²) in [6.07, 6.45) is 1.35. The summed E-state index contributed by atoms with van der Waals surface area (Å²) in [6, 6.07) is 10.7. The monoisotopic (exact) mass is 383 g/mol. The minimum atomic E-state index is -0.665. The first kappa shape index (κ1) is 19.3. The van der Waals surface area contributed by atoms with Crippen LogP contribution in [-0.2, 0) is 11.3 Å². The maximum absolute atomic E-state index is 12.7. The van der Waals surface area contributed by atoms with E-state index in [9.17, 15) is 9.59 Å². The summed E-state index contributed by atoms with van der Waals surface area (Å²) in [5, 5.41) is 0.316. The van der Waals surface area contributed by atoms with Crippen LogP contribution >= 0.6 is 0 Å². The van der Waals surface area contributed by atoms with E-state index >= 15 is 0 Å². The molecule has 0 aliphatic rings. The summed E-state index contributed by atoms with van der Waals surface area (Å²) in [5.41, 5.74) is 0.980. The highest BCUT2D eigenvalue weighted by molar-refractivity contribution is 5.94. The fraction of sp³-hybridized carbons (Fsp3) is 0.238. The maximum Gasteiger partial charge on any atom is 0.343 e. The predicted molar refractivity (Wildman–Crippen MR) is 104 cm³/mol. The largest absolute Gasteiger partial charge is 0.497 e. The molecular weight excluding hydrogens is 362 g/mol. The molecule has 0 aliphatic carbocycles. The zero-order valence-electron chi connectivity index (χ0n) is 15.9. The van der Waals surface area contributed by atoms with E-state index in [-0.39, 0.29) is 18.8 Å². The van der Waals surface area contributed by atoms with Gasteiger partial charge in [0.1, 0.15) is 17.9 Å². The molecular formula is C21H21NO6. The molecule has 0 atom stereocenters. The number of H-pyrrole nitrogens is 1.